The minimum atomic E-state index is -0.973. The first-order valence-corrected chi connectivity index (χ1v) is 7.66. The Morgan fingerprint density at radius 3 is 2.43 bits per heavy atom. The highest BCUT2D eigenvalue weighted by molar-refractivity contribution is 6.33. The predicted molar refractivity (Wildman–Crippen MR) is 91.1 cm³/mol. The van der Waals surface area contributed by atoms with Crippen LogP contribution in [0.5, 0.6) is 0 Å². The van der Waals surface area contributed by atoms with Crippen LogP contribution < -0.4 is 5.32 Å². The number of hydrogen-bond acceptors (Lipinski definition) is 3. The number of carbonyl (C=O) groups is 2. The van der Waals surface area contributed by atoms with E-state index in [-0.39, 0.29) is 10.6 Å². The maximum Gasteiger partial charge on any atom is 0.340 e. The Morgan fingerprint density at radius 1 is 1.09 bits per heavy atom. The van der Waals surface area contributed by atoms with Crippen molar-refractivity contribution in [2.75, 3.05) is 5.32 Å². The minimum absolute atomic E-state index is 0.215. The second-order valence-corrected chi connectivity index (χ2v) is 5.79. The summed E-state index contributed by atoms with van der Waals surface area (Å²) in [5.41, 5.74) is 1.65. The lowest BCUT2D eigenvalue weighted by Gasteiger charge is -2.14. The third kappa shape index (κ3) is 4.47. The van der Waals surface area contributed by atoms with Gasteiger partial charge in [-0.15, -0.1) is 0 Å². The number of aryl methyl sites for hydroxylation is 1. The number of anilines is 1. The molecule has 0 aliphatic rings. The first-order chi connectivity index (χ1) is 10.9. The van der Waals surface area contributed by atoms with Crippen LogP contribution in [0.3, 0.4) is 0 Å². The minimum Gasteiger partial charge on any atom is -0.449 e. The maximum atomic E-state index is 12.1. The molecule has 0 heterocycles. The molecule has 4 nitrogen and oxygen atoms in total. The van der Waals surface area contributed by atoms with Crippen molar-refractivity contribution in [2.45, 2.75) is 20.0 Å². The molecule has 0 unspecified atom stereocenters. The Morgan fingerprint density at radius 2 is 1.78 bits per heavy atom. The normalized spacial score (nSPS) is 11.7. The largest absolute Gasteiger partial charge is 0.449 e. The van der Waals surface area contributed by atoms with Gasteiger partial charge in [-0.25, -0.2) is 4.79 Å². The Bertz CT molecular complexity index is 746. The topological polar surface area (TPSA) is 55.4 Å². The molecule has 0 radical (unpaired) electrons. The van der Waals surface area contributed by atoms with Gasteiger partial charge in [0.15, 0.2) is 6.10 Å². The molecule has 23 heavy (non-hydrogen) atoms. The second-order valence-electron chi connectivity index (χ2n) is 4.98. The van der Waals surface area contributed by atoms with E-state index in [9.17, 15) is 9.59 Å². The third-order valence-electron chi connectivity index (χ3n) is 3.19. The summed E-state index contributed by atoms with van der Waals surface area (Å²) < 4.78 is 5.14. The molecule has 2 aromatic rings. The predicted octanol–water partition coefficient (Wildman–Crippen LogP) is 4.49. The average Bonchev–Trinajstić information content (AvgIpc) is 2.51. The summed E-state index contributed by atoms with van der Waals surface area (Å²) in [6.45, 7) is 3.35. The molecule has 0 bridgehead atoms. The Kier molecular flexibility index (Phi) is 5.64. The van der Waals surface area contributed by atoms with Crippen LogP contribution in [0.15, 0.2) is 42.5 Å². The fraction of sp³-hybridized carbons (Fsp3) is 0.176. The molecule has 2 aromatic carbocycles. The van der Waals surface area contributed by atoms with E-state index in [1.165, 1.54) is 13.0 Å². The molecule has 0 aromatic heterocycles. The lowest BCUT2D eigenvalue weighted by molar-refractivity contribution is -0.123. The highest BCUT2D eigenvalue weighted by Crippen LogP contribution is 2.21. The summed E-state index contributed by atoms with van der Waals surface area (Å²) >= 11 is 11.9. The van der Waals surface area contributed by atoms with E-state index in [1.54, 1.807) is 36.4 Å². The van der Waals surface area contributed by atoms with E-state index in [1.807, 2.05) is 6.92 Å². The van der Waals surface area contributed by atoms with E-state index < -0.39 is 18.0 Å². The maximum absolute atomic E-state index is 12.1. The quantitative estimate of drug-likeness (QED) is 0.825. The number of nitrogens with one attached hydrogen (secondary N) is 1. The Hall–Kier alpha value is -2.04. The van der Waals surface area contributed by atoms with Crippen LogP contribution in [-0.2, 0) is 9.53 Å². The zero-order valence-corrected chi connectivity index (χ0v) is 14.1. The van der Waals surface area contributed by atoms with Gasteiger partial charge in [0, 0.05) is 10.7 Å². The standard InChI is InChI=1S/C17H15Cl2NO3/c1-10-7-8-12(9-15(10)19)20-16(21)11(2)23-17(22)13-5-3-4-6-14(13)18/h3-9,11H,1-2H3,(H,20,21)/t11-/m1/s1. The number of esters is 1. The molecular weight excluding hydrogens is 337 g/mol. The lowest BCUT2D eigenvalue weighted by Crippen LogP contribution is -2.30. The van der Waals surface area contributed by atoms with Crippen molar-refractivity contribution in [1.82, 2.24) is 0 Å². The highest BCUT2D eigenvalue weighted by Gasteiger charge is 2.20. The molecule has 0 spiro atoms. The van der Waals surface area contributed by atoms with Crippen molar-refractivity contribution in [2.24, 2.45) is 0 Å². The summed E-state index contributed by atoms with van der Waals surface area (Å²) in [6.07, 6.45) is -0.973. The van der Waals surface area contributed by atoms with Gasteiger partial charge in [-0.3, -0.25) is 4.79 Å². The first-order valence-electron chi connectivity index (χ1n) is 6.91. The number of carbonyl (C=O) groups excluding carboxylic acids is 2. The van der Waals surface area contributed by atoms with Gasteiger partial charge in [-0.2, -0.15) is 0 Å². The van der Waals surface area contributed by atoms with Gasteiger partial charge in [0.05, 0.1) is 10.6 Å². The van der Waals surface area contributed by atoms with Crippen LogP contribution in [0.2, 0.25) is 10.0 Å². The summed E-state index contributed by atoms with van der Waals surface area (Å²) in [5.74, 6) is -1.11. The number of benzene rings is 2. The van der Waals surface area contributed by atoms with Crippen molar-refractivity contribution in [3.05, 3.63) is 63.6 Å². The zero-order valence-electron chi connectivity index (χ0n) is 12.6. The monoisotopic (exact) mass is 351 g/mol. The van der Waals surface area contributed by atoms with Crippen molar-refractivity contribution < 1.29 is 14.3 Å². The van der Waals surface area contributed by atoms with Crippen molar-refractivity contribution in [3.63, 3.8) is 0 Å². The number of hydrogen-bond donors (Lipinski definition) is 1. The number of rotatable bonds is 4. The molecule has 6 heteroatoms. The lowest BCUT2D eigenvalue weighted by atomic mass is 10.2. The van der Waals surface area contributed by atoms with Gasteiger partial charge >= 0.3 is 5.97 Å². The van der Waals surface area contributed by atoms with Crippen LogP contribution in [0.25, 0.3) is 0 Å². The number of halogens is 2. The fourth-order valence-corrected chi connectivity index (χ4v) is 2.21. The van der Waals surface area contributed by atoms with Crippen LogP contribution >= 0.6 is 23.2 Å². The van der Waals surface area contributed by atoms with E-state index >= 15 is 0 Å². The van der Waals surface area contributed by atoms with Crippen LogP contribution in [0.1, 0.15) is 22.8 Å². The first kappa shape index (κ1) is 17.3. The molecule has 0 saturated heterocycles. The van der Waals surface area contributed by atoms with Gasteiger partial charge in [0.1, 0.15) is 0 Å². The molecule has 1 atom stereocenters. The molecule has 120 valence electrons. The summed E-state index contributed by atoms with van der Waals surface area (Å²) in [7, 11) is 0. The smallest absolute Gasteiger partial charge is 0.340 e. The Balaban J connectivity index is 2.01. The summed E-state index contributed by atoms with van der Waals surface area (Å²) in [4.78, 5) is 24.1. The number of ether oxygens (including phenoxy) is 1. The van der Waals surface area contributed by atoms with Crippen LogP contribution in [-0.4, -0.2) is 18.0 Å². The molecule has 1 amide bonds. The molecular formula is C17H15Cl2NO3. The number of amides is 1. The molecule has 0 aliphatic heterocycles. The van der Waals surface area contributed by atoms with E-state index in [0.29, 0.717) is 10.7 Å². The summed E-state index contributed by atoms with van der Waals surface area (Å²) in [5, 5.41) is 3.47. The zero-order chi connectivity index (χ0) is 17.0. The van der Waals surface area contributed by atoms with E-state index in [4.69, 9.17) is 27.9 Å². The fourth-order valence-electron chi connectivity index (χ4n) is 1.82. The van der Waals surface area contributed by atoms with Gasteiger partial charge in [-0.1, -0.05) is 41.4 Å². The molecule has 0 aliphatic carbocycles. The van der Waals surface area contributed by atoms with Gasteiger partial charge in [-0.05, 0) is 43.7 Å². The summed E-state index contributed by atoms with van der Waals surface area (Å²) in [6, 6.07) is 11.6. The van der Waals surface area contributed by atoms with Crippen LogP contribution in [0, 0.1) is 6.92 Å². The molecule has 0 saturated carbocycles. The molecule has 0 fully saturated rings. The molecule has 1 N–H and O–H groups in total. The van der Waals surface area contributed by atoms with E-state index in [2.05, 4.69) is 5.32 Å². The van der Waals surface area contributed by atoms with Gasteiger partial charge < -0.3 is 10.1 Å². The Labute approximate surface area is 144 Å². The SMILES string of the molecule is Cc1ccc(NC(=O)[C@@H](C)OC(=O)c2ccccc2Cl)cc1Cl. The highest BCUT2D eigenvalue weighted by atomic mass is 35.5. The molecule has 2 rings (SSSR count). The van der Waals surface area contributed by atoms with Crippen LogP contribution in [0.4, 0.5) is 5.69 Å². The van der Waals surface area contributed by atoms with Crippen molar-refractivity contribution >= 4 is 40.8 Å². The van der Waals surface area contributed by atoms with Gasteiger partial charge in [0.2, 0.25) is 0 Å². The van der Waals surface area contributed by atoms with Crippen molar-refractivity contribution in [1.29, 1.82) is 0 Å². The second kappa shape index (κ2) is 7.49. The third-order valence-corrected chi connectivity index (χ3v) is 3.92. The van der Waals surface area contributed by atoms with Gasteiger partial charge in [0.25, 0.3) is 5.91 Å². The van der Waals surface area contributed by atoms with Crippen molar-refractivity contribution in [3.8, 4) is 0 Å². The van der Waals surface area contributed by atoms with E-state index in [0.717, 1.165) is 5.56 Å². The average molecular weight is 352 g/mol.